The summed E-state index contributed by atoms with van der Waals surface area (Å²) in [6.07, 6.45) is 0. The smallest absolute Gasteiger partial charge is 0.119 e. The van der Waals surface area contributed by atoms with E-state index in [1.165, 1.54) is 4.88 Å². The summed E-state index contributed by atoms with van der Waals surface area (Å²) in [6.45, 7) is 2.67. The molecule has 0 bridgehead atoms. The molecule has 1 atom stereocenters. The number of thiophene rings is 1. The number of ether oxygens (including phenoxy) is 1. The van der Waals surface area contributed by atoms with Crippen molar-refractivity contribution in [3.8, 4) is 5.75 Å². The first kappa shape index (κ1) is 14.0. The third-order valence-electron chi connectivity index (χ3n) is 2.40. The molecule has 0 saturated heterocycles. The zero-order valence-corrected chi connectivity index (χ0v) is 11.3. The molecule has 92 valence electrons. The third kappa shape index (κ3) is 3.46. The molecule has 0 spiro atoms. The van der Waals surface area contributed by atoms with Crippen molar-refractivity contribution >= 4 is 23.7 Å². The Hall–Kier alpha value is -1.03. The molecule has 0 fully saturated rings. The van der Waals surface area contributed by atoms with Crippen LogP contribution in [0, 0.1) is 0 Å². The second-order valence-electron chi connectivity index (χ2n) is 3.50. The van der Waals surface area contributed by atoms with Crippen molar-refractivity contribution in [3.05, 3.63) is 52.2 Å². The van der Waals surface area contributed by atoms with Gasteiger partial charge in [0.15, 0.2) is 0 Å². The van der Waals surface area contributed by atoms with E-state index < -0.39 is 0 Å². The molecule has 4 heteroatoms. The Kier molecular flexibility index (Phi) is 5.48. The predicted molar refractivity (Wildman–Crippen MR) is 75.2 cm³/mol. The van der Waals surface area contributed by atoms with E-state index in [2.05, 4.69) is 6.07 Å². The van der Waals surface area contributed by atoms with Crippen molar-refractivity contribution in [2.45, 2.75) is 13.0 Å². The highest BCUT2D eigenvalue weighted by atomic mass is 35.5. The summed E-state index contributed by atoms with van der Waals surface area (Å²) in [5, 5.41) is 2.05. The Labute approximate surface area is 112 Å². The molecule has 1 aromatic heterocycles. The standard InChI is InChI=1S/C13H15NOS.ClH/c1-2-15-11-7-5-10(6-8-11)13(14)12-4-3-9-16-12;/h3-9,13H,2,14H2,1H3;1H/t13-;/m1./s1. The topological polar surface area (TPSA) is 35.2 Å². The molecule has 2 N–H and O–H groups in total. The summed E-state index contributed by atoms with van der Waals surface area (Å²) < 4.78 is 5.39. The molecule has 1 aromatic carbocycles. The largest absolute Gasteiger partial charge is 0.494 e. The van der Waals surface area contributed by atoms with Crippen LogP contribution in [0.15, 0.2) is 41.8 Å². The van der Waals surface area contributed by atoms with Crippen LogP contribution in [-0.2, 0) is 0 Å². The van der Waals surface area contributed by atoms with E-state index in [9.17, 15) is 0 Å². The van der Waals surface area contributed by atoms with Gasteiger partial charge in [0.05, 0.1) is 12.6 Å². The van der Waals surface area contributed by atoms with Crippen LogP contribution in [0.3, 0.4) is 0 Å². The van der Waals surface area contributed by atoms with Crippen LogP contribution < -0.4 is 10.5 Å². The Morgan fingerprint density at radius 2 is 1.94 bits per heavy atom. The quantitative estimate of drug-likeness (QED) is 0.920. The Morgan fingerprint density at radius 3 is 2.47 bits per heavy atom. The lowest BCUT2D eigenvalue weighted by Gasteiger charge is -2.10. The van der Waals surface area contributed by atoms with Gasteiger partial charge in [-0.3, -0.25) is 0 Å². The van der Waals surface area contributed by atoms with Gasteiger partial charge in [-0.25, -0.2) is 0 Å². The van der Waals surface area contributed by atoms with Crippen LogP contribution >= 0.6 is 23.7 Å². The lowest BCUT2D eigenvalue weighted by atomic mass is 10.1. The van der Waals surface area contributed by atoms with Gasteiger partial charge in [-0.15, -0.1) is 23.7 Å². The molecule has 2 nitrogen and oxygen atoms in total. The molecular formula is C13H16ClNOS. The van der Waals surface area contributed by atoms with Gasteiger partial charge in [-0.2, -0.15) is 0 Å². The fourth-order valence-corrected chi connectivity index (χ4v) is 2.32. The van der Waals surface area contributed by atoms with Crippen LogP contribution in [0.4, 0.5) is 0 Å². The second-order valence-corrected chi connectivity index (χ2v) is 4.47. The second kappa shape index (κ2) is 6.64. The molecule has 0 amide bonds. The maximum Gasteiger partial charge on any atom is 0.119 e. The van der Waals surface area contributed by atoms with E-state index in [0.717, 1.165) is 11.3 Å². The molecule has 0 aliphatic rings. The predicted octanol–water partition coefficient (Wildman–Crippen LogP) is 3.62. The van der Waals surface area contributed by atoms with Gasteiger partial charge in [-0.1, -0.05) is 18.2 Å². The highest BCUT2D eigenvalue weighted by Crippen LogP contribution is 2.25. The third-order valence-corrected chi connectivity index (χ3v) is 3.36. The van der Waals surface area contributed by atoms with Gasteiger partial charge in [0, 0.05) is 4.88 Å². The first-order chi connectivity index (χ1) is 7.81. The van der Waals surface area contributed by atoms with Crippen molar-refractivity contribution in [2.24, 2.45) is 5.73 Å². The maximum absolute atomic E-state index is 6.15. The molecule has 0 radical (unpaired) electrons. The van der Waals surface area contributed by atoms with Crippen molar-refractivity contribution < 1.29 is 4.74 Å². The monoisotopic (exact) mass is 269 g/mol. The Balaban J connectivity index is 0.00000144. The van der Waals surface area contributed by atoms with Crippen LogP contribution in [-0.4, -0.2) is 6.61 Å². The van der Waals surface area contributed by atoms with Crippen LogP contribution in [0.2, 0.25) is 0 Å². The van der Waals surface area contributed by atoms with E-state index >= 15 is 0 Å². The Bertz CT molecular complexity index is 427. The van der Waals surface area contributed by atoms with Gasteiger partial charge in [0.1, 0.15) is 5.75 Å². The van der Waals surface area contributed by atoms with E-state index in [1.54, 1.807) is 11.3 Å². The van der Waals surface area contributed by atoms with E-state index in [1.807, 2.05) is 42.6 Å². The number of hydrogen-bond donors (Lipinski definition) is 1. The van der Waals surface area contributed by atoms with Gasteiger partial charge < -0.3 is 10.5 Å². The average Bonchev–Trinajstić information content (AvgIpc) is 2.83. The molecule has 2 aromatic rings. The van der Waals surface area contributed by atoms with E-state index in [0.29, 0.717) is 6.61 Å². The molecule has 0 aliphatic carbocycles. The first-order valence-electron chi connectivity index (χ1n) is 5.33. The van der Waals surface area contributed by atoms with Crippen molar-refractivity contribution in [3.63, 3.8) is 0 Å². The summed E-state index contributed by atoms with van der Waals surface area (Å²) in [6, 6.07) is 12.0. The summed E-state index contributed by atoms with van der Waals surface area (Å²) in [7, 11) is 0. The highest BCUT2D eigenvalue weighted by molar-refractivity contribution is 7.10. The van der Waals surface area contributed by atoms with Crippen molar-refractivity contribution in [1.29, 1.82) is 0 Å². The van der Waals surface area contributed by atoms with E-state index in [-0.39, 0.29) is 18.4 Å². The molecule has 2 rings (SSSR count). The number of nitrogens with two attached hydrogens (primary N) is 1. The van der Waals surface area contributed by atoms with Gasteiger partial charge in [0.25, 0.3) is 0 Å². The fraction of sp³-hybridized carbons (Fsp3) is 0.231. The lowest BCUT2D eigenvalue weighted by Crippen LogP contribution is -2.09. The summed E-state index contributed by atoms with van der Waals surface area (Å²) in [5.74, 6) is 0.893. The van der Waals surface area contributed by atoms with Gasteiger partial charge >= 0.3 is 0 Å². The minimum atomic E-state index is -0.0318. The van der Waals surface area contributed by atoms with Crippen molar-refractivity contribution in [2.75, 3.05) is 6.61 Å². The first-order valence-corrected chi connectivity index (χ1v) is 6.21. The van der Waals surface area contributed by atoms with Crippen LogP contribution in [0.5, 0.6) is 5.75 Å². The number of halogens is 1. The molecule has 0 unspecified atom stereocenters. The molecule has 1 heterocycles. The Morgan fingerprint density at radius 1 is 1.24 bits per heavy atom. The highest BCUT2D eigenvalue weighted by Gasteiger charge is 2.09. The SMILES string of the molecule is CCOc1ccc([C@@H](N)c2cccs2)cc1.Cl. The fourth-order valence-electron chi connectivity index (χ4n) is 1.57. The van der Waals surface area contributed by atoms with Crippen LogP contribution in [0.1, 0.15) is 23.4 Å². The normalized spacial score (nSPS) is 11.6. The van der Waals surface area contributed by atoms with Crippen molar-refractivity contribution in [1.82, 2.24) is 0 Å². The van der Waals surface area contributed by atoms with Gasteiger partial charge in [0.2, 0.25) is 0 Å². The van der Waals surface area contributed by atoms with Crippen LogP contribution in [0.25, 0.3) is 0 Å². The zero-order chi connectivity index (χ0) is 11.4. The average molecular weight is 270 g/mol. The number of hydrogen-bond acceptors (Lipinski definition) is 3. The summed E-state index contributed by atoms with van der Waals surface area (Å²) in [5.41, 5.74) is 7.27. The molecule has 0 aliphatic heterocycles. The number of benzene rings is 1. The minimum absolute atomic E-state index is 0. The van der Waals surface area contributed by atoms with E-state index in [4.69, 9.17) is 10.5 Å². The number of rotatable bonds is 4. The summed E-state index contributed by atoms with van der Waals surface area (Å²) in [4.78, 5) is 1.18. The zero-order valence-electron chi connectivity index (χ0n) is 9.63. The maximum atomic E-state index is 6.15. The molecule has 17 heavy (non-hydrogen) atoms. The lowest BCUT2D eigenvalue weighted by molar-refractivity contribution is 0.340. The van der Waals surface area contributed by atoms with Gasteiger partial charge in [-0.05, 0) is 36.1 Å². The molecule has 0 saturated carbocycles. The molecular weight excluding hydrogens is 254 g/mol. The minimum Gasteiger partial charge on any atom is -0.494 e. The summed E-state index contributed by atoms with van der Waals surface area (Å²) >= 11 is 1.68.